The van der Waals surface area contributed by atoms with Crippen LogP contribution < -0.4 is 11.1 Å². The zero-order chi connectivity index (χ0) is 14.4. The summed E-state index contributed by atoms with van der Waals surface area (Å²) in [5.74, 6) is -0.0491. The SMILES string of the molecule is Nc1ccccc1SCCC(=O)Nc1ccccc1F. The van der Waals surface area contributed by atoms with Gasteiger partial charge >= 0.3 is 0 Å². The van der Waals surface area contributed by atoms with Gasteiger partial charge in [-0.2, -0.15) is 0 Å². The Balaban J connectivity index is 1.82. The van der Waals surface area contributed by atoms with Crippen molar-refractivity contribution in [3.8, 4) is 0 Å². The number of thioether (sulfide) groups is 1. The lowest BCUT2D eigenvalue weighted by Crippen LogP contribution is -2.13. The second-order valence-electron chi connectivity index (χ2n) is 4.16. The van der Waals surface area contributed by atoms with Crippen LogP contribution in [-0.4, -0.2) is 11.7 Å². The van der Waals surface area contributed by atoms with Crippen LogP contribution in [-0.2, 0) is 4.79 Å². The average molecular weight is 290 g/mol. The van der Waals surface area contributed by atoms with Crippen LogP contribution in [0.25, 0.3) is 0 Å². The van der Waals surface area contributed by atoms with Gasteiger partial charge in [-0.25, -0.2) is 4.39 Å². The lowest BCUT2D eigenvalue weighted by Gasteiger charge is -2.07. The fraction of sp³-hybridized carbons (Fsp3) is 0.133. The van der Waals surface area contributed by atoms with E-state index in [1.165, 1.54) is 23.9 Å². The van der Waals surface area contributed by atoms with E-state index in [1.54, 1.807) is 12.1 Å². The third kappa shape index (κ3) is 3.99. The highest BCUT2D eigenvalue weighted by atomic mass is 32.2. The molecule has 0 atom stereocenters. The number of hydrogen-bond acceptors (Lipinski definition) is 3. The van der Waals surface area contributed by atoms with Gasteiger partial charge in [0.05, 0.1) is 5.69 Å². The average Bonchev–Trinajstić information content (AvgIpc) is 2.43. The van der Waals surface area contributed by atoms with Gasteiger partial charge < -0.3 is 11.1 Å². The molecule has 0 bridgehead atoms. The van der Waals surface area contributed by atoms with Crippen LogP contribution in [0.1, 0.15) is 6.42 Å². The predicted octanol–water partition coefficient (Wildman–Crippen LogP) is 3.53. The van der Waals surface area contributed by atoms with Crippen molar-refractivity contribution >= 4 is 29.0 Å². The van der Waals surface area contributed by atoms with Gasteiger partial charge in [0, 0.05) is 22.8 Å². The Morgan fingerprint density at radius 2 is 1.85 bits per heavy atom. The van der Waals surface area contributed by atoms with Gasteiger partial charge in [-0.1, -0.05) is 24.3 Å². The van der Waals surface area contributed by atoms with E-state index in [0.717, 1.165) is 4.90 Å². The van der Waals surface area contributed by atoms with Gasteiger partial charge in [0.2, 0.25) is 5.91 Å². The van der Waals surface area contributed by atoms with Crippen molar-refractivity contribution in [2.24, 2.45) is 0 Å². The zero-order valence-corrected chi connectivity index (χ0v) is 11.6. The van der Waals surface area contributed by atoms with Crippen molar-refractivity contribution in [2.45, 2.75) is 11.3 Å². The van der Waals surface area contributed by atoms with E-state index in [1.807, 2.05) is 24.3 Å². The number of hydrogen-bond donors (Lipinski definition) is 2. The van der Waals surface area contributed by atoms with E-state index in [0.29, 0.717) is 17.9 Å². The zero-order valence-electron chi connectivity index (χ0n) is 10.8. The number of benzene rings is 2. The van der Waals surface area contributed by atoms with E-state index in [9.17, 15) is 9.18 Å². The molecular weight excluding hydrogens is 275 g/mol. The molecule has 20 heavy (non-hydrogen) atoms. The predicted molar refractivity (Wildman–Crippen MR) is 81.2 cm³/mol. The van der Waals surface area contributed by atoms with Crippen LogP contribution in [0.15, 0.2) is 53.4 Å². The summed E-state index contributed by atoms with van der Waals surface area (Å²) in [5.41, 5.74) is 6.72. The summed E-state index contributed by atoms with van der Waals surface area (Å²) in [6, 6.07) is 13.6. The van der Waals surface area contributed by atoms with E-state index >= 15 is 0 Å². The molecule has 0 saturated heterocycles. The summed E-state index contributed by atoms with van der Waals surface area (Å²) in [4.78, 5) is 12.7. The van der Waals surface area contributed by atoms with Gasteiger partial charge in [0.1, 0.15) is 5.82 Å². The summed E-state index contributed by atoms with van der Waals surface area (Å²) < 4.78 is 13.4. The maximum absolute atomic E-state index is 13.4. The highest BCUT2D eigenvalue weighted by Gasteiger charge is 2.07. The largest absolute Gasteiger partial charge is 0.398 e. The number of amides is 1. The lowest BCUT2D eigenvalue weighted by molar-refractivity contribution is -0.115. The number of nitrogens with one attached hydrogen (secondary N) is 1. The van der Waals surface area contributed by atoms with E-state index < -0.39 is 5.82 Å². The molecule has 0 fully saturated rings. The van der Waals surface area contributed by atoms with Crippen molar-refractivity contribution < 1.29 is 9.18 Å². The molecular formula is C15H15FN2OS. The maximum Gasteiger partial charge on any atom is 0.225 e. The highest BCUT2D eigenvalue weighted by molar-refractivity contribution is 7.99. The van der Waals surface area contributed by atoms with Crippen molar-refractivity contribution in [2.75, 3.05) is 16.8 Å². The van der Waals surface area contributed by atoms with Crippen molar-refractivity contribution in [1.29, 1.82) is 0 Å². The lowest BCUT2D eigenvalue weighted by atomic mass is 10.3. The molecule has 0 heterocycles. The highest BCUT2D eigenvalue weighted by Crippen LogP contribution is 2.25. The van der Waals surface area contributed by atoms with Crippen molar-refractivity contribution in [1.82, 2.24) is 0 Å². The Morgan fingerprint density at radius 3 is 2.60 bits per heavy atom. The van der Waals surface area contributed by atoms with Gasteiger partial charge in [-0.05, 0) is 24.3 Å². The molecule has 2 rings (SSSR count). The molecule has 5 heteroatoms. The number of para-hydroxylation sites is 2. The number of nitrogens with two attached hydrogens (primary N) is 1. The quantitative estimate of drug-likeness (QED) is 0.654. The fourth-order valence-electron chi connectivity index (χ4n) is 1.64. The van der Waals surface area contributed by atoms with E-state index in [-0.39, 0.29) is 11.6 Å². The van der Waals surface area contributed by atoms with Crippen LogP contribution in [0.5, 0.6) is 0 Å². The Kier molecular flexibility index (Phi) is 5.01. The number of anilines is 2. The molecule has 1 amide bonds. The molecule has 0 radical (unpaired) electrons. The first-order valence-corrected chi connectivity index (χ1v) is 7.17. The van der Waals surface area contributed by atoms with Crippen LogP contribution in [0.2, 0.25) is 0 Å². The first kappa shape index (κ1) is 14.4. The molecule has 3 N–H and O–H groups in total. The Morgan fingerprint density at radius 1 is 1.15 bits per heavy atom. The smallest absolute Gasteiger partial charge is 0.225 e. The summed E-state index contributed by atoms with van der Waals surface area (Å²) in [7, 11) is 0. The first-order valence-electron chi connectivity index (χ1n) is 6.18. The van der Waals surface area contributed by atoms with Crippen LogP contribution >= 0.6 is 11.8 Å². The molecule has 0 saturated carbocycles. The topological polar surface area (TPSA) is 55.1 Å². The third-order valence-electron chi connectivity index (χ3n) is 2.65. The van der Waals surface area contributed by atoms with Crippen LogP contribution in [0.3, 0.4) is 0 Å². The molecule has 0 aromatic heterocycles. The maximum atomic E-state index is 13.4. The number of nitrogen functional groups attached to an aromatic ring is 1. The van der Waals surface area contributed by atoms with Gasteiger partial charge in [0.25, 0.3) is 0 Å². The first-order chi connectivity index (χ1) is 9.66. The number of halogens is 1. The minimum absolute atomic E-state index is 0.210. The molecule has 0 spiro atoms. The van der Waals surface area contributed by atoms with Crippen LogP contribution in [0, 0.1) is 5.82 Å². The summed E-state index contributed by atoms with van der Waals surface area (Å²) in [5, 5.41) is 2.55. The third-order valence-corrected chi connectivity index (χ3v) is 3.74. The molecule has 3 nitrogen and oxygen atoms in total. The molecule has 0 aliphatic heterocycles. The second kappa shape index (κ2) is 6.96. The van der Waals surface area contributed by atoms with Gasteiger partial charge in [-0.3, -0.25) is 4.79 Å². The van der Waals surface area contributed by atoms with E-state index in [2.05, 4.69) is 5.32 Å². The number of carbonyl (C=O) groups excluding carboxylic acids is 1. The van der Waals surface area contributed by atoms with Crippen LogP contribution in [0.4, 0.5) is 15.8 Å². The molecule has 2 aromatic carbocycles. The van der Waals surface area contributed by atoms with Gasteiger partial charge in [0.15, 0.2) is 0 Å². The van der Waals surface area contributed by atoms with Crippen molar-refractivity contribution in [3.63, 3.8) is 0 Å². The van der Waals surface area contributed by atoms with E-state index in [4.69, 9.17) is 5.73 Å². The minimum Gasteiger partial charge on any atom is -0.398 e. The Labute approximate surface area is 121 Å². The standard InChI is InChI=1S/C15H15FN2OS/c16-11-5-1-3-7-13(11)18-15(19)9-10-20-14-8-4-2-6-12(14)17/h1-8H,9-10,17H2,(H,18,19). The minimum atomic E-state index is -0.430. The summed E-state index contributed by atoms with van der Waals surface area (Å²) in [6.07, 6.45) is 0.299. The molecule has 0 unspecified atom stereocenters. The number of carbonyl (C=O) groups is 1. The van der Waals surface area contributed by atoms with Gasteiger partial charge in [-0.15, -0.1) is 11.8 Å². The summed E-state index contributed by atoms with van der Waals surface area (Å²) >= 11 is 1.51. The molecule has 0 aliphatic carbocycles. The monoisotopic (exact) mass is 290 g/mol. The normalized spacial score (nSPS) is 10.2. The molecule has 2 aromatic rings. The second-order valence-corrected chi connectivity index (χ2v) is 5.30. The number of rotatable bonds is 5. The Hall–Kier alpha value is -2.01. The molecule has 0 aliphatic rings. The molecule has 104 valence electrons. The fourth-order valence-corrected chi connectivity index (χ4v) is 2.56. The summed E-state index contributed by atoms with van der Waals surface area (Å²) in [6.45, 7) is 0. The van der Waals surface area contributed by atoms with Crippen molar-refractivity contribution in [3.05, 3.63) is 54.3 Å². The Bertz CT molecular complexity index is 604.